The van der Waals surface area contributed by atoms with E-state index in [2.05, 4.69) is 10.3 Å². The van der Waals surface area contributed by atoms with Gasteiger partial charge in [0.2, 0.25) is 0 Å². The van der Waals surface area contributed by atoms with Crippen LogP contribution in [0, 0.1) is 6.92 Å². The van der Waals surface area contributed by atoms with E-state index in [-0.39, 0.29) is 6.61 Å². The number of ether oxygens (including phenoxy) is 2. The molecule has 2 N–H and O–H groups in total. The van der Waals surface area contributed by atoms with Gasteiger partial charge in [-0.2, -0.15) is 0 Å². The maximum atomic E-state index is 9.69. The molecule has 0 aliphatic carbocycles. The topological polar surface area (TPSA) is 63.6 Å². The second-order valence-electron chi connectivity index (χ2n) is 5.17. The predicted molar refractivity (Wildman–Crippen MR) is 74.3 cm³/mol. The highest BCUT2D eigenvalue weighted by atomic mass is 16.5. The molecule has 1 heterocycles. The van der Waals surface area contributed by atoms with E-state index >= 15 is 0 Å². The van der Waals surface area contributed by atoms with Crippen molar-refractivity contribution in [3.05, 3.63) is 23.5 Å². The third-order valence-electron chi connectivity index (χ3n) is 2.43. The van der Waals surface area contributed by atoms with Crippen LogP contribution in [0.1, 0.15) is 25.2 Å². The Labute approximate surface area is 115 Å². The fourth-order valence-corrected chi connectivity index (χ4v) is 1.49. The standard InChI is InChI=1S/C14H24N2O3/c1-11-5-6-13(19-10-14(2,3)17)12(16-11)9-15-7-8-18-4/h5-6,15,17H,7-10H2,1-4H3. The fraction of sp³-hybridized carbons (Fsp3) is 0.643. The monoisotopic (exact) mass is 268 g/mol. The van der Waals surface area contributed by atoms with Crippen LogP contribution in [0.15, 0.2) is 12.1 Å². The summed E-state index contributed by atoms with van der Waals surface area (Å²) in [6.07, 6.45) is 0. The molecule has 0 amide bonds. The van der Waals surface area contributed by atoms with Crippen LogP contribution in [0.3, 0.4) is 0 Å². The molecule has 5 nitrogen and oxygen atoms in total. The number of hydrogen-bond donors (Lipinski definition) is 2. The van der Waals surface area contributed by atoms with Crippen molar-refractivity contribution in [1.29, 1.82) is 0 Å². The summed E-state index contributed by atoms with van der Waals surface area (Å²) >= 11 is 0. The third-order valence-corrected chi connectivity index (χ3v) is 2.43. The maximum absolute atomic E-state index is 9.69. The van der Waals surface area contributed by atoms with Crippen LogP contribution in [0.2, 0.25) is 0 Å². The second-order valence-corrected chi connectivity index (χ2v) is 5.17. The summed E-state index contributed by atoms with van der Waals surface area (Å²) in [6, 6.07) is 3.79. The Morgan fingerprint density at radius 1 is 1.37 bits per heavy atom. The summed E-state index contributed by atoms with van der Waals surface area (Å²) in [5, 5.41) is 12.9. The van der Waals surface area contributed by atoms with Gasteiger partial charge in [0.1, 0.15) is 12.4 Å². The lowest BCUT2D eigenvalue weighted by molar-refractivity contribution is 0.0279. The van der Waals surface area contributed by atoms with Gasteiger partial charge in [-0.15, -0.1) is 0 Å². The van der Waals surface area contributed by atoms with Crippen molar-refractivity contribution < 1.29 is 14.6 Å². The lowest BCUT2D eigenvalue weighted by Crippen LogP contribution is -2.28. The molecule has 0 saturated carbocycles. The number of aryl methyl sites for hydroxylation is 1. The van der Waals surface area contributed by atoms with Crippen molar-refractivity contribution in [3.8, 4) is 5.75 Å². The predicted octanol–water partition coefficient (Wildman–Crippen LogP) is 1.28. The number of aliphatic hydroxyl groups is 1. The van der Waals surface area contributed by atoms with Crippen molar-refractivity contribution >= 4 is 0 Å². The Hall–Kier alpha value is -1.17. The van der Waals surface area contributed by atoms with Crippen molar-refractivity contribution in [2.45, 2.75) is 32.9 Å². The number of nitrogens with zero attached hydrogens (tertiary/aromatic N) is 1. The third kappa shape index (κ3) is 6.52. The number of rotatable bonds is 8. The van der Waals surface area contributed by atoms with Gasteiger partial charge < -0.3 is 19.9 Å². The Morgan fingerprint density at radius 2 is 2.11 bits per heavy atom. The SMILES string of the molecule is COCCNCc1nc(C)ccc1OCC(C)(C)O. The molecule has 0 atom stereocenters. The van der Waals surface area contributed by atoms with Gasteiger partial charge in [-0.1, -0.05) is 0 Å². The van der Waals surface area contributed by atoms with E-state index in [4.69, 9.17) is 9.47 Å². The Balaban J connectivity index is 2.63. The minimum atomic E-state index is -0.856. The summed E-state index contributed by atoms with van der Waals surface area (Å²) in [4.78, 5) is 4.46. The van der Waals surface area contributed by atoms with E-state index in [9.17, 15) is 5.11 Å². The van der Waals surface area contributed by atoms with Crippen molar-refractivity contribution in [3.63, 3.8) is 0 Å². The number of methoxy groups -OCH3 is 1. The molecule has 0 spiro atoms. The molecule has 0 aliphatic heterocycles. The minimum absolute atomic E-state index is 0.239. The van der Waals surface area contributed by atoms with Gasteiger partial charge in [0, 0.05) is 25.9 Å². The lowest BCUT2D eigenvalue weighted by atomic mass is 10.2. The molecule has 0 aliphatic rings. The zero-order valence-corrected chi connectivity index (χ0v) is 12.2. The van der Waals surface area contributed by atoms with Crippen LogP contribution in [-0.4, -0.2) is 42.6 Å². The Kier molecular flexibility index (Phi) is 6.21. The van der Waals surface area contributed by atoms with Crippen LogP contribution >= 0.6 is 0 Å². The van der Waals surface area contributed by atoms with E-state index in [1.165, 1.54) is 0 Å². The van der Waals surface area contributed by atoms with Gasteiger partial charge in [0.25, 0.3) is 0 Å². The number of nitrogens with one attached hydrogen (secondary N) is 1. The largest absolute Gasteiger partial charge is 0.489 e. The first kappa shape index (κ1) is 15.9. The molecule has 1 aromatic rings. The van der Waals surface area contributed by atoms with Crippen molar-refractivity contribution in [2.24, 2.45) is 0 Å². The highest BCUT2D eigenvalue weighted by Crippen LogP contribution is 2.18. The number of hydrogen-bond acceptors (Lipinski definition) is 5. The molecule has 5 heteroatoms. The summed E-state index contributed by atoms with van der Waals surface area (Å²) in [7, 11) is 1.67. The van der Waals surface area contributed by atoms with Crippen LogP contribution in [0.25, 0.3) is 0 Å². The first-order valence-corrected chi connectivity index (χ1v) is 6.44. The van der Waals surface area contributed by atoms with E-state index in [1.807, 2.05) is 19.1 Å². The molecule has 0 saturated heterocycles. The number of aromatic nitrogens is 1. The highest BCUT2D eigenvalue weighted by Gasteiger charge is 2.15. The summed E-state index contributed by atoms with van der Waals surface area (Å²) in [5.74, 6) is 0.706. The highest BCUT2D eigenvalue weighted by molar-refractivity contribution is 5.29. The molecule has 1 aromatic heterocycles. The summed E-state index contributed by atoms with van der Waals surface area (Å²) in [5.41, 5.74) is 0.936. The van der Waals surface area contributed by atoms with Gasteiger partial charge in [0.15, 0.2) is 0 Å². The average Bonchev–Trinajstić information content (AvgIpc) is 2.32. The second kappa shape index (κ2) is 7.43. The van der Waals surface area contributed by atoms with E-state index < -0.39 is 5.60 Å². The van der Waals surface area contributed by atoms with Crippen LogP contribution < -0.4 is 10.1 Å². The molecule has 0 aromatic carbocycles. The Morgan fingerprint density at radius 3 is 2.74 bits per heavy atom. The molecule has 0 unspecified atom stereocenters. The first-order valence-electron chi connectivity index (χ1n) is 6.44. The molecule has 0 fully saturated rings. The molecule has 0 bridgehead atoms. The first-order chi connectivity index (χ1) is 8.92. The molecule has 0 radical (unpaired) electrons. The van der Waals surface area contributed by atoms with Crippen molar-refractivity contribution in [1.82, 2.24) is 10.3 Å². The van der Waals surface area contributed by atoms with Gasteiger partial charge in [0.05, 0.1) is 17.9 Å². The van der Waals surface area contributed by atoms with Crippen LogP contribution in [0.5, 0.6) is 5.75 Å². The van der Waals surface area contributed by atoms with E-state index in [0.717, 1.165) is 17.9 Å². The smallest absolute Gasteiger partial charge is 0.142 e. The van der Waals surface area contributed by atoms with E-state index in [0.29, 0.717) is 18.9 Å². The quantitative estimate of drug-likeness (QED) is 0.695. The summed E-state index contributed by atoms with van der Waals surface area (Å²) < 4.78 is 10.6. The van der Waals surface area contributed by atoms with Gasteiger partial charge >= 0.3 is 0 Å². The van der Waals surface area contributed by atoms with E-state index in [1.54, 1.807) is 21.0 Å². The zero-order valence-electron chi connectivity index (χ0n) is 12.2. The van der Waals surface area contributed by atoms with Gasteiger partial charge in [-0.3, -0.25) is 4.98 Å². The zero-order chi connectivity index (χ0) is 14.3. The molecule has 1 rings (SSSR count). The normalized spacial score (nSPS) is 11.6. The molecule has 19 heavy (non-hydrogen) atoms. The summed E-state index contributed by atoms with van der Waals surface area (Å²) in [6.45, 7) is 7.65. The minimum Gasteiger partial charge on any atom is -0.489 e. The fourth-order valence-electron chi connectivity index (χ4n) is 1.49. The van der Waals surface area contributed by atoms with Crippen LogP contribution in [-0.2, 0) is 11.3 Å². The maximum Gasteiger partial charge on any atom is 0.142 e. The Bertz CT molecular complexity index is 389. The van der Waals surface area contributed by atoms with Crippen molar-refractivity contribution in [2.75, 3.05) is 26.9 Å². The molecule has 108 valence electrons. The lowest BCUT2D eigenvalue weighted by Gasteiger charge is -2.19. The van der Waals surface area contributed by atoms with Gasteiger partial charge in [-0.25, -0.2) is 0 Å². The van der Waals surface area contributed by atoms with Gasteiger partial charge in [-0.05, 0) is 32.9 Å². The van der Waals surface area contributed by atoms with Crippen LogP contribution in [0.4, 0.5) is 0 Å². The molecular formula is C14H24N2O3. The number of pyridine rings is 1. The molecular weight excluding hydrogens is 244 g/mol. The average molecular weight is 268 g/mol.